The third-order valence-corrected chi connectivity index (χ3v) is 2.54. The number of esters is 1. The molecular formula is C14H10O4. The molecule has 0 bridgehead atoms. The number of carbonyl (C=O) groups excluding carboxylic acids is 1. The highest BCUT2D eigenvalue weighted by molar-refractivity contribution is 5.86. The van der Waals surface area contributed by atoms with Crippen molar-refractivity contribution in [3.63, 3.8) is 0 Å². The summed E-state index contributed by atoms with van der Waals surface area (Å²) in [5, 5.41) is 0.988. The highest BCUT2D eigenvalue weighted by atomic mass is 16.6. The molecule has 0 aliphatic rings. The average molecular weight is 242 g/mol. The van der Waals surface area contributed by atoms with Crippen molar-refractivity contribution in [2.24, 2.45) is 0 Å². The molecule has 0 saturated carbocycles. The van der Waals surface area contributed by atoms with Crippen molar-refractivity contribution >= 4 is 16.9 Å². The molecule has 18 heavy (non-hydrogen) atoms. The van der Waals surface area contributed by atoms with Gasteiger partial charge < -0.3 is 13.6 Å². The Hall–Kier alpha value is -2.49. The van der Waals surface area contributed by atoms with Crippen molar-refractivity contribution in [1.29, 1.82) is 0 Å². The van der Waals surface area contributed by atoms with Gasteiger partial charge in [0, 0.05) is 5.39 Å². The van der Waals surface area contributed by atoms with Gasteiger partial charge in [-0.15, -0.1) is 0 Å². The third kappa shape index (κ3) is 2.00. The first-order valence-electron chi connectivity index (χ1n) is 5.51. The number of furan rings is 2. The van der Waals surface area contributed by atoms with Crippen LogP contribution in [0.25, 0.3) is 11.0 Å². The predicted octanol–water partition coefficient (Wildman–Crippen LogP) is 3.38. The van der Waals surface area contributed by atoms with E-state index < -0.39 is 5.97 Å². The van der Waals surface area contributed by atoms with E-state index in [0.717, 1.165) is 11.0 Å². The average Bonchev–Trinajstić information content (AvgIpc) is 3.04. The SMILES string of the molecule is O=C(OCc1cc2ccccc2o1)c1ccco1. The molecule has 3 aromatic rings. The number of benzene rings is 1. The summed E-state index contributed by atoms with van der Waals surface area (Å²) in [5.41, 5.74) is 0.779. The van der Waals surface area contributed by atoms with Crippen LogP contribution in [0.15, 0.2) is 57.6 Å². The molecule has 4 nitrogen and oxygen atoms in total. The minimum Gasteiger partial charge on any atom is -0.457 e. The summed E-state index contributed by atoms with van der Waals surface area (Å²) < 4.78 is 15.5. The highest BCUT2D eigenvalue weighted by Gasteiger charge is 2.11. The second-order valence-corrected chi connectivity index (χ2v) is 3.80. The first kappa shape index (κ1) is 10.7. The summed E-state index contributed by atoms with van der Waals surface area (Å²) in [7, 11) is 0. The van der Waals surface area contributed by atoms with E-state index in [2.05, 4.69) is 0 Å². The number of rotatable bonds is 3. The Morgan fingerprint density at radius 2 is 2.06 bits per heavy atom. The van der Waals surface area contributed by atoms with Gasteiger partial charge in [0.2, 0.25) is 5.76 Å². The first-order chi connectivity index (χ1) is 8.83. The Bertz CT molecular complexity index is 631. The second-order valence-electron chi connectivity index (χ2n) is 3.80. The molecule has 90 valence electrons. The molecule has 0 atom stereocenters. The van der Waals surface area contributed by atoms with E-state index >= 15 is 0 Å². The van der Waals surface area contributed by atoms with Gasteiger partial charge in [-0.1, -0.05) is 18.2 Å². The fourth-order valence-electron chi connectivity index (χ4n) is 1.71. The monoisotopic (exact) mass is 242 g/mol. The molecule has 0 radical (unpaired) electrons. The molecule has 0 N–H and O–H groups in total. The van der Waals surface area contributed by atoms with E-state index in [0.29, 0.717) is 5.76 Å². The Kier molecular flexibility index (Phi) is 2.61. The lowest BCUT2D eigenvalue weighted by Gasteiger charge is -1.99. The van der Waals surface area contributed by atoms with E-state index in [9.17, 15) is 4.79 Å². The number of fused-ring (bicyclic) bond motifs is 1. The van der Waals surface area contributed by atoms with Crippen molar-refractivity contribution in [3.05, 3.63) is 60.2 Å². The topological polar surface area (TPSA) is 52.6 Å². The van der Waals surface area contributed by atoms with Crippen LogP contribution >= 0.6 is 0 Å². The van der Waals surface area contributed by atoms with Gasteiger partial charge in [-0.3, -0.25) is 0 Å². The maximum absolute atomic E-state index is 11.5. The van der Waals surface area contributed by atoms with Crippen LogP contribution in [0.4, 0.5) is 0 Å². The summed E-state index contributed by atoms with van der Waals surface area (Å²) in [4.78, 5) is 11.5. The van der Waals surface area contributed by atoms with Gasteiger partial charge >= 0.3 is 5.97 Å². The number of carbonyl (C=O) groups is 1. The van der Waals surface area contributed by atoms with E-state index in [1.807, 2.05) is 30.3 Å². The lowest BCUT2D eigenvalue weighted by Crippen LogP contribution is -2.03. The van der Waals surface area contributed by atoms with Crippen LogP contribution in [0.3, 0.4) is 0 Å². The van der Waals surface area contributed by atoms with Crippen molar-refractivity contribution < 1.29 is 18.4 Å². The fourth-order valence-corrected chi connectivity index (χ4v) is 1.71. The Balaban J connectivity index is 1.71. The molecule has 0 spiro atoms. The molecule has 4 heteroatoms. The maximum Gasteiger partial charge on any atom is 0.374 e. The quantitative estimate of drug-likeness (QED) is 0.660. The lowest BCUT2D eigenvalue weighted by molar-refractivity contribution is 0.0411. The Morgan fingerprint density at radius 3 is 2.83 bits per heavy atom. The van der Waals surface area contributed by atoms with Gasteiger partial charge in [0.25, 0.3) is 0 Å². The third-order valence-electron chi connectivity index (χ3n) is 2.54. The van der Waals surface area contributed by atoms with E-state index in [-0.39, 0.29) is 12.4 Å². The van der Waals surface area contributed by atoms with Crippen molar-refractivity contribution in [2.45, 2.75) is 6.61 Å². The maximum atomic E-state index is 11.5. The minimum absolute atomic E-state index is 0.0915. The van der Waals surface area contributed by atoms with Gasteiger partial charge in [0.15, 0.2) is 0 Å². The smallest absolute Gasteiger partial charge is 0.374 e. The predicted molar refractivity (Wildman–Crippen MR) is 64.0 cm³/mol. The molecular weight excluding hydrogens is 232 g/mol. The highest BCUT2D eigenvalue weighted by Crippen LogP contribution is 2.19. The molecule has 0 amide bonds. The summed E-state index contributed by atoms with van der Waals surface area (Å²) in [5.74, 6) is 0.294. The molecule has 2 aromatic heterocycles. The van der Waals surface area contributed by atoms with E-state index in [1.165, 1.54) is 6.26 Å². The number of para-hydroxylation sites is 1. The summed E-state index contributed by atoms with van der Waals surface area (Å²) >= 11 is 0. The molecule has 0 fully saturated rings. The minimum atomic E-state index is -0.500. The van der Waals surface area contributed by atoms with Crippen molar-refractivity contribution in [2.75, 3.05) is 0 Å². The van der Waals surface area contributed by atoms with Crippen molar-refractivity contribution in [3.8, 4) is 0 Å². The Labute approximate surface area is 103 Å². The normalized spacial score (nSPS) is 10.7. The molecule has 0 aliphatic carbocycles. The number of hydrogen-bond donors (Lipinski definition) is 0. The summed E-state index contributed by atoms with van der Waals surface area (Å²) in [6, 6.07) is 12.7. The lowest BCUT2D eigenvalue weighted by atomic mass is 10.2. The van der Waals surface area contributed by atoms with Crippen molar-refractivity contribution in [1.82, 2.24) is 0 Å². The van der Waals surface area contributed by atoms with E-state index in [4.69, 9.17) is 13.6 Å². The van der Waals surface area contributed by atoms with Crippen LogP contribution in [0, 0.1) is 0 Å². The Morgan fingerprint density at radius 1 is 1.17 bits per heavy atom. The van der Waals surface area contributed by atoms with Gasteiger partial charge in [0.1, 0.15) is 18.0 Å². The van der Waals surface area contributed by atoms with Gasteiger partial charge in [-0.2, -0.15) is 0 Å². The van der Waals surface area contributed by atoms with E-state index in [1.54, 1.807) is 12.1 Å². The standard InChI is InChI=1S/C14H10O4/c15-14(13-6-3-7-16-13)17-9-11-8-10-4-1-2-5-12(10)18-11/h1-8H,9H2. The molecule has 0 unspecified atom stereocenters. The van der Waals surface area contributed by atoms with Crippen LogP contribution in [0.2, 0.25) is 0 Å². The fraction of sp³-hybridized carbons (Fsp3) is 0.0714. The second kappa shape index (κ2) is 4.41. The molecule has 1 aromatic carbocycles. The van der Waals surface area contributed by atoms with Crippen LogP contribution in [-0.4, -0.2) is 5.97 Å². The van der Waals surface area contributed by atoms with Gasteiger partial charge in [-0.25, -0.2) is 4.79 Å². The zero-order valence-corrected chi connectivity index (χ0v) is 9.46. The molecule has 0 aliphatic heterocycles. The van der Waals surface area contributed by atoms with Crippen LogP contribution in [-0.2, 0) is 11.3 Å². The summed E-state index contributed by atoms with van der Waals surface area (Å²) in [6.07, 6.45) is 1.43. The largest absolute Gasteiger partial charge is 0.457 e. The van der Waals surface area contributed by atoms with Gasteiger partial charge in [0.05, 0.1) is 6.26 Å². The first-order valence-corrected chi connectivity index (χ1v) is 5.51. The molecule has 2 heterocycles. The zero-order valence-electron chi connectivity index (χ0n) is 9.46. The van der Waals surface area contributed by atoms with Crippen LogP contribution < -0.4 is 0 Å². The zero-order chi connectivity index (χ0) is 12.4. The summed E-state index contributed by atoms with van der Waals surface area (Å²) in [6.45, 7) is 0.0915. The van der Waals surface area contributed by atoms with Gasteiger partial charge in [-0.05, 0) is 24.3 Å². The molecule has 3 rings (SSSR count). The van der Waals surface area contributed by atoms with Crippen LogP contribution in [0.5, 0.6) is 0 Å². The number of hydrogen-bond acceptors (Lipinski definition) is 4. The van der Waals surface area contributed by atoms with Crippen LogP contribution in [0.1, 0.15) is 16.3 Å². The number of ether oxygens (including phenoxy) is 1. The molecule has 0 saturated heterocycles.